The first kappa shape index (κ1) is 20.6. The van der Waals surface area contributed by atoms with Crippen LogP contribution in [0, 0.1) is 5.92 Å². The summed E-state index contributed by atoms with van der Waals surface area (Å²) in [6.07, 6.45) is 5.52. The van der Waals surface area contributed by atoms with Crippen LogP contribution in [0.15, 0.2) is 35.2 Å². The van der Waals surface area contributed by atoms with Crippen LogP contribution in [0.3, 0.4) is 0 Å². The lowest BCUT2D eigenvalue weighted by Crippen LogP contribution is -2.34. The topological polar surface area (TPSA) is 57.7 Å². The SMILES string of the molecule is CCN(CC)S(=O)(=O)c1ccc(/C=C/C(=O)N(CC(C)C)C2CC2)cc1. The van der Waals surface area contributed by atoms with Crippen LogP contribution in [0.4, 0.5) is 0 Å². The molecule has 1 aliphatic carbocycles. The van der Waals surface area contributed by atoms with Crippen molar-refractivity contribution in [2.45, 2.75) is 51.5 Å². The van der Waals surface area contributed by atoms with Gasteiger partial charge in [-0.25, -0.2) is 8.42 Å². The lowest BCUT2D eigenvalue weighted by Gasteiger charge is -2.22. The molecule has 0 aliphatic heterocycles. The number of hydrogen-bond acceptors (Lipinski definition) is 3. The minimum absolute atomic E-state index is 0.0287. The van der Waals surface area contributed by atoms with E-state index in [1.807, 2.05) is 18.7 Å². The van der Waals surface area contributed by atoms with Gasteiger partial charge in [0.1, 0.15) is 0 Å². The standard InChI is InChI=1S/C20H30N2O3S/c1-5-21(6-2)26(24,25)19-12-7-17(8-13-19)9-14-20(23)22(15-16(3)4)18-10-11-18/h7-9,12-14,16,18H,5-6,10-11,15H2,1-4H3/b14-9+. The van der Waals surface area contributed by atoms with Gasteiger partial charge < -0.3 is 4.90 Å². The van der Waals surface area contributed by atoms with Gasteiger partial charge in [0.2, 0.25) is 15.9 Å². The Labute approximate surface area is 157 Å². The highest BCUT2D eigenvalue weighted by atomic mass is 32.2. The molecule has 0 aromatic heterocycles. The zero-order valence-electron chi connectivity index (χ0n) is 16.2. The van der Waals surface area contributed by atoms with Crippen LogP contribution >= 0.6 is 0 Å². The largest absolute Gasteiger partial charge is 0.336 e. The van der Waals surface area contributed by atoms with Crippen molar-refractivity contribution in [3.8, 4) is 0 Å². The summed E-state index contributed by atoms with van der Waals surface area (Å²) in [6, 6.07) is 7.07. The Hall–Kier alpha value is -1.66. The van der Waals surface area contributed by atoms with Gasteiger partial charge >= 0.3 is 0 Å². The average molecular weight is 379 g/mol. The fourth-order valence-electron chi connectivity index (χ4n) is 2.93. The molecule has 2 rings (SSSR count). The van der Waals surface area contributed by atoms with Gasteiger partial charge in [-0.3, -0.25) is 4.79 Å². The smallest absolute Gasteiger partial charge is 0.246 e. The molecule has 0 unspecified atom stereocenters. The summed E-state index contributed by atoms with van der Waals surface area (Å²) in [5, 5.41) is 0. The summed E-state index contributed by atoms with van der Waals surface area (Å²) in [6.45, 7) is 9.54. The highest BCUT2D eigenvalue weighted by Gasteiger charge is 2.31. The lowest BCUT2D eigenvalue weighted by molar-refractivity contribution is -0.127. The van der Waals surface area contributed by atoms with Crippen LogP contribution in [0.2, 0.25) is 0 Å². The van der Waals surface area contributed by atoms with E-state index < -0.39 is 10.0 Å². The van der Waals surface area contributed by atoms with Gasteiger partial charge in [0.25, 0.3) is 0 Å². The normalized spacial score (nSPS) is 15.2. The molecular formula is C20H30N2O3S. The number of hydrogen-bond donors (Lipinski definition) is 0. The molecule has 0 bridgehead atoms. The van der Waals surface area contributed by atoms with Crippen molar-refractivity contribution < 1.29 is 13.2 Å². The molecule has 1 aliphatic rings. The summed E-state index contributed by atoms with van der Waals surface area (Å²) in [5.74, 6) is 0.471. The third-order valence-corrected chi connectivity index (χ3v) is 6.54. The molecule has 0 spiro atoms. The third-order valence-electron chi connectivity index (χ3n) is 4.47. The first-order chi connectivity index (χ1) is 12.3. The predicted molar refractivity (Wildman–Crippen MR) is 105 cm³/mol. The Kier molecular flexibility index (Phi) is 7.01. The zero-order chi connectivity index (χ0) is 19.3. The predicted octanol–water partition coefficient (Wildman–Crippen LogP) is 3.38. The monoisotopic (exact) mass is 378 g/mol. The first-order valence-corrected chi connectivity index (χ1v) is 10.8. The Bertz CT molecular complexity index is 731. The molecule has 0 saturated heterocycles. The molecule has 1 amide bonds. The second-order valence-corrected chi connectivity index (χ2v) is 9.05. The Morgan fingerprint density at radius 2 is 1.73 bits per heavy atom. The Morgan fingerprint density at radius 3 is 2.19 bits per heavy atom. The number of carbonyl (C=O) groups is 1. The number of rotatable bonds is 9. The molecule has 26 heavy (non-hydrogen) atoms. The molecule has 1 fully saturated rings. The fraction of sp³-hybridized carbons (Fsp3) is 0.550. The van der Waals surface area contributed by atoms with Gasteiger partial charge in [0.15, 0.2) is 0 Å². The van der Waals surface area contributed by atoms with Crippen molar-refractivity contribution in [2.24, 2.45) is 5.92 Å². The summed E-state index contributed by atoms with van der Waals surface area (Å²) >= 11 is 0. The molecule has 5 nitrogen and oxygen atoms in total. The van der Waals surface area contributed by atoms with Crippen molar-refractivity contribution in [2.75, 3.05) is 19.6 Å². The number of benzene rings is 1. The highest BCUT2D eigenvalue weighted by molar-refractivity contribution is 7.89. The summed E-state index contributed by atoms with van der Waals surface area (Å²) in [7, 11) is -3.45. The van der Waals surface area contributed by atoms with Crippen LogP contribution in [-0.2, 0) is 14.8 Å². The van der Waals surface area contributed by atoms with Crippen LogP contribution in [0.1, 0.15) is 46.1 Å². The first-order valence-electron chi connectivity index (χ1n) is 9.38. The number of sulfonamides is 1. The van der Waals surface area contributed by atoms with Crippen molar-refractivity contribution in [1.29, 1.82) is 0 Å². The fourth-order valence-corrected chi connectivity index (χ4v) is 4.38. The highest BCUT2D eigenvalue weighted by Crippen LogP contribution is 2.28. The maximum Gasteiger partial charge on any atom is 0.246 e. The van der Waals surface area contributed by atoms with E-state index in [1.54, 1.807) is 36.4 Å². The summed E-state index contributed by atoms with van der Waals surface area (Å²) < 4.78 is 26.4. The quantitative estimate of drug-likeness (QED) is 0.619. The molecule has 0 N–H and O–H groups in total. The van der Waals surface area contributed by atoms with Gasteiger partial charge in [0, 0.05) is 31.8 Å². The molecular weight excluding hydrogens is 348 g/mol. The summed E-state index contributed by atoms with van der Waals surface area (Å²) in [5.41, 5.74) is 0.817. The average Bonchev–Trinajstić information content (AvgIpc) is 3.43. The third kappa shape index (κ3) is 5.17. The molecule has 1 aromatic carbocycles. The Morgan fingerprint density at radius 1 is 1.15 bits per heavy atom. The number of amides is 1. The van der Waals surface area contributed by atoms with E-state index in [-0.39, 0.29) is 10.8 Å². The maximum absolute atomic E-state index is 12.5. The minimum atomic E-state index is -3.45. The van der Waals surface area contributed by atoms with Crippen molar-refractivity contribution in [3.63, 3.8) is 0 Å². The molecule has 0 atom stereocenters. The van der Waals surface area contributed by atoms with Gasteiger partial charge in [-0.2, -0.15) is 4.31 Å². The Balaban J connectivity index is 2.08. The minimum Gasteiger partial charge on any atom is -0.336 e. The van der Waals surface area contributed by atoms with Crippen molar-refractivity contribution >= 4 is 22.0 Å². The molecule has 0 heterocycles. The molecule has 144 valence electrons. The van der Waals surface area contributed by atoms with E-state index in [0.717, 1.165) is 24.9 Å². The van der Waals surface area contributed by atoms with Crippen LogP contribution in [-0.4, -0.2) is 49.2 Å². The van der Waals surface area contributed by atoms with Crippen LogP contribution in [0.5, 0.6) is 0 Å². The maximum atomic E-state index is 12.5. The van der Waals surface area contributed by atoms with Gasteiger partial charge in [-0.05, 0) is 42.5 Å². The van der Waals surface area contributed by atoms with Gasteiger partial charge in [-0.15, -0.1) is 0 Å². The second-order valence-electron chi connectivity index (χ2n) is 7.11. The molecule has 6 heteroatoms. The molecule has 0 radical (unpaired) electrons. The van der Waals surface area contributed by atoms with E-state index in [1.165, 1.54) is 4.31 Å². The molecule has 1 aromatic rings. The molecule has 1 saturated carbocycles. The van der Waals surface area contributed by atoms with E-state index in [4.69, 9.17) is 0 Å². The number of carbonyl (C=O) groups excluding carboxylic acids is 1. The van der Waals surface area contributed by atoms with Gasteiger partial charge in [-0.1, -0.05) is 39.8 Å². The van der Waals surface area contributed by atoms with E-state index in [0.29, 0.717) is 25.0 Å². The second kappa shape index (κ2) is 8.82. The van der Waals surface area contributed by atoms with Crippen molar-refractivity contribution in [1.82, 2.24) is 9.21 Å². The van der Waals surface area contributed by atoms with Crippen molar-refractivity contribution in [3.05, 3.63) is 35.9 Å². The zero-order valence-corrected chi connectivity index (χ0v) is 17.0. The van der Waals surface area contributed by atoms with Gasteiger partial charge in [0.05, 0.1) is 4.90 Å². The number of nitrogens with zero attached hydrogens (tertiary/aromatic N) is 2. The van der Waals surface area contributed by atoms with Crippen LogP contribution < -0.4 is 0 Å². The van der Waals surface area contributed by atoms with E-state index in [2.05, 4.69) is 13.8 Å². The lowest BCUT2D eigenvalue weighted by atomic mass is 10.2. The van der Waals surface area contributed by atoms with E-state index >= 15 is 0 Å². The van der Waals surface area contributed by atoms with Crippen LogP contribution in [0.25, 0.3) is 6.08 Å². The summed E-state index contributed by atoms with van der Waals surface area (Å²) in [4.78, 5) is 14.7. The van der Waals surface area contributed by atoms with E-state index in [9.17, 15) is 13.2 Å².